The van der Waals surface area contributed by atoms with E-state index in [1.54, 1.807) is 0 Å². The summed E-state index contributed by atoms with van der Waals surface area (Å²) < 4.78 is 1.03. The number of nitrogens with two attached hydrogens (primary N) is 1. The Morgan fingerprint density at radius 3 is 2.43 bits per heavy atom. The van der Waals surface area contributed by atoms with Crippen LogP contribution in [0.15, 0.2) is 0 Å². The van der Waals surface area contributed by atoms with Crippen molar-refractivity contribution in [1.82, 2.24) is 0 Å². The van der Waals surface area contributed by atoms with Gasteiger partial charge in [0.05, 0.1) is 0 Å². The summed E-state index contributed by atoms with van der Waals surface area (Å²) in [5.41, 5.74) is 5.75. The first-order chi connectivity index (χ1) is 6.56. The van der Waals surface area contributed by atoms with E-state index in [2.05, 4.69) is 0 Å². The Bertz CT molecular complexity index is 156. The molecule has 1 fully saturated rings. The van der Waals surface area contributed by atoms with Gasteiger partial charge in [-0.25, -0.2) is 0 Å². The third-order valence-electron chi connectivity index (χ3n) is 2.44. The number of aliphatic carboxylic acids is 1. The molecule has 0 aliphatic heterocycles. The summed E-state index contributed by atoms with van der Waals surface area (Å²) in [6.45, 7) is 1.84. The Balaban J connectivity index is 0.000000255. The van der Waals surface area contributed by atoms with E-state index in [0.29, 0.717) is 12.5 Å². The Hall–Kier alpha value is 0.430. The average Bonchev–Trinajstić information content (AvgIpc) is 2.03. The maximum absolute atomic E-state index is 9.60. The van der Waals surface area contributed by atoms with Crippen LogP contribution in [-0.4, -0.2) is 45.0 Å². The van der Waals surface area contributed by atoms with Crippen molar-refractivity contribution >= 4 is 33.9 Å². The second kappa shape index (κ2) is 8.72. The quantitative estimate of drug-likeness (QED) is 0.680. The molecule has 1 rings (SSSR count). The fraction of sp³-hybridized carbons (Fsp3) is 0.900. The van der Waals surface area contributed by atoms with Crippen molar-refractivity contribution in [1.29, 1.82) is 0 Å². The Morgan fingerprint density at radius 2 is 2.21 bits per heavy atom. The van der Waals surface area contributed by atoms with E-state index in [-0.39, 0.29) is 0 Å². The van der Waals surface area contributed by atoms with Gasteiger partial charge in [-0.3, -0.25) is 4.79 Å². The van der Waals surface area contributed by atoms with Gasteiger partial charge in [-0.05, 0) is 6.42 Å². The van der Waals surface area contributed by atoms with Crippen LogP contribution in [0.25, 0.3) is 0 Å². The predicted molar refractivity (Wildman–Crippen MR) is 58.5 cm³/mol. The summed E-state index contributed by atoms with van der Waals surface area (Å²) in [5, 5.41) is 7.91. The SMILES string of the molecule is CCCC(=O)O.N[C@@H]1CCC[CH]([Na])C1. The number of hydrogen-bond acceptors (Lipinski definition) is 2. The van der Waals surface area contributed by atoms with E-state index < -0.39 is 5.97 Å². The normalized spacial score (nSPS) is 26.3. The Kier molecular flexibility index (Phi) is 8.98. The number of carbonyl (C=O) groups is 1. The van der Waals surface area contributed by atoms with Crippen molar-refractivity contribution in [3.63, 3.8) is 0 Å². The van der Waals surface area contributed by atoms with Crippen LogP contribution < -0.4 is 5.73 Å². The van der Waals surface area contributed by atoms with Gasteiger partial charge in [-0.15, -0.1) is 0 Å². The summed E-state index contributed by atoms with van der Waals surface area (Å²) in [6, 6.07) is 0.547. The van der Waals surface area contributed by atoms with Crippen LogP contribution in [0.5, 0.6) is 0 Å². The van der Waals surface area contributed by atoms with Crippen molar-refractivity contribution in [3.05, 3.63) is 0 Å². The Morgan fingerprint density at radius 1 is 1.57 bits per heavy atom. The zero-order chi connectivity index (χ0) is 11.0. The molecule has 0 aromatic heterocycles. The third-order valence-corrected chi connectivity index (χ3v) is 3.49. The Labute approximate surface area is 104 Å². The molecule has 4 heteroatoms. The molecule has 0 spiro atoms. The molecule has 1 aliphatic rings. The van der Waals surface area contributed by atoms with Gasteiger partial charge in [0.1, 0.15) is 0 Å². The second-order valence-electron chi connectivity index (χ2n) is 4.18. The topological polar surface area (TPSA) is 63.3 Å². The van der Waals surface area contributed by atoms with Crippen LogP contribution >= 0.6 is 0 Å². The summed E-state index contributed by atoms with van der Waals surface area (Å²) in [6.07, 6.45) is 6.45. The second-order valence-corrected chi connectivity index (χ2v) is 5.81. The van der Waals surface area contributed by atoms with Crippen LogP contribution in [0.4, 0.5) is 0 Å². The van der Waals surface area contributed by atoms with E-state index in [9.17, 15) is 4.79 Å². The van der Waals surface area contributed by atoms with Crippen molar-refractivity contribution < 1.29 is 9.90 Å². The van der Waals surface area contributed by atoms with Crippen LogP contribution in [0.3, 0.4) is 0 Å². The van der Waals surface area contributed by atoms with Crippen LogP contribution in [0.1, 0.15) is 45.4 Å². The first-order valence-corrected chi connectivity index (χ1v) is 6.69. The van der Waals surface area contributed by atoms with Crippen LogP contribution in [0.2, 0.25) is 3.17 Å². The van der Waals surface area contributed by atoms with Crippen molar-refractivity contribution in [3.8, 4) is 0 Å². The van der Waals surface area contributed by atoms with E-state index in [0.717, 1.165) is 9.59 Å². The first kappa shape index (κ1) is 14.4. The molecule has 0 radical (unpaired) electrons. The van der Waals surface area contributed by atoms with Gasteiger partial charge in [-0.2, -0.15) is 0 Å². The minimum atomic E-state index is -0.711. The molecule has 0 aromatic carbocycles. The third kappa shape index (κ3) is 9.00. The molecular formula is C10H20NNaO2. The molecule has 0 bridgehead atoms. The minimum absolute atomic E-state index is 0.292. The number of carboxylic acid groups (broad SMARTS) is 1. The van der Waals surface area contributed by atoms with E-state index in [1.165, 1.54) is 53.6 Å². The first-order valence-electron chi connectivity index (χ1n) is 5.53. The maximum atomic E-state index is 9.60. The van der Waals surface area contributed by atoms with Crippen LogP contribution in [0, 0.1) is 0 Å². The molecule has 1 unspecified atom stereocenters. The summed E-state index contributed by atoms with van der Waals surface area (Å²) >= 11 is 1.36. The number of hydrogen-bond donors (Lipinski definition) is 2. The van der Waals surface area contributed by atoms with Gasteiger partial charge in [-0.1, -0.05) is 6.92 Å². The van der Waals surface area contributed by atoms with E-state index in [4.69, 9.17) is 10.8 Å². The number of rotatable bonds is 2. The molecule has 0 amide bonds. The number of carboxylic acids is 1. The van der Waals surface area contributed by atoms with E-state index in [1.807, 2.05) is 6.92 Å². The summed E-state index contributed by atoms with van der Waals surface area (Å²) in [5.74, 6) is -0.711. The summed E-state index contributed by atoms with van der Waals surface area (Å²) in [7, 11) is 0. The van der Waals surface area contributed by atoms with Crippen molar-refractivity contribution in [2.24, 2.45) is 5.73 Å². The van der Waals surface area contributed by atoms with Gasteiger partial charge in [0, 0.05) is 6.42 Å². The monoisotopic (exact) mass is 209 g/mol. The summed E-state index contributed by atoms with van der Waals surface area (Å²) in [4.78, 5) is 9.60. The van der Waals surface area contributed by atoms with Gasteiger partial charge >= 0.3 is 74.5 Å². The molecule has 1 saturated carbocycles. The molecule has 0 heterocycles. The molecule has 1 aliphatic carbocycles. The molecule has 3 N–H and O–H groups in total. The molecule has 0 aromatic rings. The molecule has 3 nitrogen and oxygen atoms in total. The van der Waals surface area contributed by atoms with Gasteiger partial charge in [0.25, 0.3) is 0 Å². The van der Waals surface area contributed by atoms with Gasteiger partial charge in [0.15, 0.2) is 0 Å². The van der Waals surface area contributed by atoms with Gasteiger partial charge in [0.2, 0.25) is 0 Å². The standard InChI is InChI=1S/C6H12N.C4H8O2.Na/c7-6-4-2-1-3-5-6;1-2-3-4(5)6;/h2,6H,1,3-5,7H2;2-3H2,1H3,(H,5,6);/t6-;;/m0../s1. The van der Waals surface area contributed by atoms with E-state index >= 15 is 0 Å². The van der Waals surface area contributed by atoms with Gasteiger partial charge < -0.3 is 5.11 Å². The van der Waals surface area contributed by atoms with Crippen LogP contribution in [-0.2, 0) is 4.79 Å². The zero-order valence-corrected chi connectivity index (χ0v) is 11.3. The van der Waals surface area contributed by atoms with Crippen molar-refractivity contribution in [2.45, 2.75) is 54.7 Å². The molecule has 2 atom stereocenters. The fourth-order valence-electron chi connectivity index (χ4n) is 1.69. The predicted octanol–water partition coefficient (Wildman–Crippen LogP) is 1.72. The molecule has 0 saturated heterocycles. The molecule has 78 valence electrons. The van der Waals surface area contributed by atoms with Crippen molar-refractivity contribution in [2.75, 3.05) is 0 Å². The molecular weight excluding hydrogens is 189 g/mol. The molecule has 14 heavy (non-hydrogen) atoms. The average molecular weight is 209 g/mol. The fourth-order valence-corrected chi connectivity index (χ4v) is 2.71. The zero-order valence-electron chi connectivity index (χ0n) is 9.33.